The van der Waals surface area contributed by atoms with Crippen LogP contribution in [0, 0.1) is 17.3 Å². The zero-order chi connectivity index (χ0) is 36.6. The average molecular weight is 756 g/mol. The Morgan fingerprint density at radius 3 is 2.58 bits per heavy atom. The second kappa shape index (κ2) is 15.3. The van der Waals surface area contributed by atoms with Crippen molar-refractivity contribution in [1.82, 2.24) is 30.1 Å². The molecule has 2 aliphatic heterocycles. The third-order valence-electron chi connectivity index (χ3n) is 10.3. The summed E-state index contributed by atoms with van der Waals surface area (Å²) in [5.41, 5.74) is 5.66. The summed E-state index contributed by atoms with van der Waals surface area (Å²) in [6.07, 6.45) is 5.09. The van der Waals surface area contributed by atoms with Gasteiger partial charge in [-0.1, -0.05) is 32.4 Å². The van der Waals surface area contributed by atoms with E-state index in [0.29, 0.717) is 69.3 Å². The number of halogens is 1. The summed E-state index contributed by atoms with van der Waals surface area (Å²) < 4.78 is 23.9. The molecule has 280 valence electrons. The van der Waals surface area contributed by atoms with Gasteiger partial charge in [0, 0.05) is 49.9 Å². The average Bonchev–Trinajstić information content (AvgIpc) is 3.46. The molecular formula is C36H46ClN7O7S. The number of amides is 3. The number of carbonyl (C=O) groups excluding carboxylic acids is 3. The first-order valence-corrected chi connectivity index (χ1v) is 19.1. The molecule has 2 saturated carbocycles. The van der Waals surface area contributed by atoms with Gasteiger partial charge in [-0.25, -0.2) is 14.8 Å². The molecule has 4 fully saturated rings. The molecule has 2 unspecified atom stereocenters. The van der Waals surface area contributed by atoms with Gasteiger partial charge in [0.15, 0.2) is 5.16 Å². The Bertz CT molecular complexity index is 1770. The Morgan fingerprint density at radius 1 is 1.12 bits per heavy atom. The number of benzene rings is 1. The summed E-state index contributed by atoms with van der Waals surface area (Å²) in [5.74, 6) is 1.16. The minimum Gasteiger partial charge on any atom is -0.491 e. The first-order chi connectivity index (χ1) is 24.9. The number of nitrogens with one attached hydrogen (secondary N) is 2. The smallest absolute Gasteiger partial charge is 0.408 e. The van der Waals surface area contributed by atoms with E-state index >= 15 is 0 Å². The van der Waals surface area contributed by atoms with E-state index in [1.807, 2.05) is 26.8 Å². The van der Waals surface area contributed by atoms with E-state index in [1.54, 1.807) is 24.5 Å². The Morgan fingerprint density at radius 2 is 1.88 bits per heavy atom. The molecule has 2 aromatic heterocycles. The number of hydrogen-bond acceptors (Lipinski definition) is 11. The number of rotatable bonds is 12. The van der Waals surface area contributed by atoms with Gasteiger partial charge in [-0.2, -0.15) is 0 Å². The molecule has 4 heterocycles. The SMILES string of the molecule is CC(C)(C)[C@H](NC(=O)OC1C[C@@H]2C[C@@H]2C1)C(=O)N1CC(Oc2cc(Sc3ncc[nH]3)nc3c(Cl)c(OCCN4CCOCC4)ccc23)C[C@H]1C(N)=O. The van der Waals surface area contributed by atoms with E-state index in [4.69, 9.17) is 41.3 Å². The summed E-state index contributed by atoms with van der Waals surface area (Å²) in [7, 11) is 0. The van der Waals surface area contributed by atoms with Gasteiger partial charge in [-0.15, -0.1) is 0 Å². The van der Waals surface area contributed by atoms with E-state index < -0.39 is 41.5 Å². The number of carbonyl (C=O) groups is 3. The van der Waals surface area contributed by atoms with E-state index in [1.165, 1.54) is 23.1 Å². The van der Waals surface area contributed by atoms with Crippen molar-refractivity contribution in [2.24, 2.45) is 23.0 Å². The molecule has 4 aliphatic rings. The normalized spacial score (nSPS) is 25.1. The highest BCUT2D eigenvalue weighted by Crippen LogP contribution is 2.52. The monoisotopic (exact) mass is 755 g/mol. The number of pyridine rings is 1. The summed E-state index contributed by atoms with van der Waals surface area (Å²) >= 11 is 8.25. The lowest BCUT2D eigenvalue weighted by molar-refractivity contribution is -0.141. The number of primary amides is 1. The molecule has 3 aromatic rings. The van der Waals surface area contributed by atoms with Crippen LogP contribution in [0.5, 0.6) is 11.5 Å². The predicted octanol–water partition coefficient (Wildman–Crippen LogP) is 4.25. The molecule has 6 atom stereocenters. The highest BCUT2D eigenvalue weighted by atomic mass is 35.5. The van der Waals surface area contributed by atoms with Crippen molar-refractivity contribution < 1.29 is 33.3 Å². The molecule has 1 aromatic carbocycles. The molecule has 0 spiro atoms. The Kier molecular flexibility index (Phi) is 10.7. The quantitative estimate of drug-likeness (QED) is 0.241. The van der Waals surface area contributed by atoms with Crippen LogP contribution in [0.1, 0.15) is 46.5 Å². The van der Waals surface area contributed by atoms with Crippen LogP contribution in [0.4, 0.5) is 4.79 Å². The van der Waals surface area contributed by atoms with Crippen LogP contribution >= 0.6 is 23.4 Å². The minimum absolute atomic E-state index is 0.0721. The van der Waals surface area contributed by atoms with Gasteiger partial charge in [0.1, 0.15) is 52.4 Å². The number of aromatic amines is 1. The number of morpholine rings is 1. The fourth-order valence-corrected chi connectivity index (χ4v) is 8.41. The van der Waals surface area contributed by atoms with Gasteiger partial charge in [0.2, 0.25) is 11.8 Å². The number of hydrogen-bond donors (Lipinski definition) is 3. The van der Waals surface area contributed by atoms with E-state index in [9.17, 15) is 14.4 Å². The van der Waals surface area contributed by atoms with E-state index in [-0.39, 0.29) is 19.1 Å². The van der Waals surface area contributed by atoms with Crippen molar-refractivity contribution in [3.63, 3.8) is 0 Å². The van der Waals surface area contributed by atoms with Crippen LogP contribution in [0.15, 0.2) is 40.8 Å². The molecule has 52 heavy (non-hydrogen) atoms. The van der Waals surface area contributed by atoms with Crippen LogP contribution in [0.2, 0.25) is 5.02 Å². The number of H-pyrrole nitrogens is 1. The van der Waals surface area contributed by atoms with Crippen LogP contribution in [-0.4, -0.2) is 113 Å². The second-order valence-corrected chi connectivity index (χ2v) is 16.5. The zero-order valence-corrected chi connectivity index (χ0v) is 31.2. The van der Waals surface area contributed by atoms with Crippen molar-refractivity contribution in [2.45, 2.75) is 80.9 Å². The highest BCUT2D eigenvalue weighted by Gasteiger charge is 2.48. The number of fused-ring (bicyclic) bond motifs is 2. The van der Waals surface area contributed by atoms with Crippen molar-refractivity contribution in [3.8, 4) is 11.5 Å². The van der Waals surface area contributed by atoms with Crippen molar-refractivity contribution >= 4 is 52.2 Å². The number of nitrogens with two attached hydrogens (primary N) is 1. The molecule has 16 heteroatoms. The molecule has 0 radical (unpaired) electrons. The van der Waals surface area contributed by atoms with Gasteiger partial charge in [0.25, 0.3) is 0 Å². The van der Waals surface area contributed by atoms with Crippen LogP contribution in [0.3, 0.4) is 0 Å². The third-order valence-corrected chi connectivity index (χ3v) is 11.5. The molecule has 0 bridgehead atoms. The topological polar surface area (TPSA) is 174 Å². The summed E-state index contributed by atoms with van der Waals surface area (Å²) in [5, 5.41) is 4.98. The number of aromatic nitrogens is 3. The van der Waals surface area contributed by atoms with Crippen LogP contribution in [-0.2, 0) is 19.1 Å². The lowest BCUT2D eigenvalue weighted by Gasteiger charge is -2.35. The number of alkyl carbamates (subject to hydrolysis) is 1. The summed E-state index contributed by atoms with van der Waals surface area (Å²) in [6, 6.07) is 3.52. The summed E-state index contributed by atoms with van der Waals surface area (Å²) in [4.78, 5) is 55.9. The second-order valence-electron chi connectivity index (χ2n) is 15.1. The summed E-state index contributed by atoms with van der Waals surface area (Å²) in [6.45, 7) is 9.94. The molecular weight excluding hydrogens is 710 g/mol. The van der Waals surface area contributed by atoms with Gasteiger partial charge in [-0.3, -0.25) is 14.5 Å². The van der Waals surface area contributed by atoms with E-state index in [2.05, 4.69) is 20.2 Å². The molecule has 14 nitrogen and oxygen atoms in total. The lowest BCUT2D eigenvalue weighted by atomic mass is 9.85. The Hall–Kier alpha value is -3.79. The van der Waals surface area contributed by atoms with Gasteiger partial charge < -0.3 is 39.9 Å². The minimum atomic E-state index is -0.963. The van der Waals surface area contributed by atoms with Crippen LogP contribution in [0.25, 0.3) is 10.9 Å². The number of imidazole rings is 1. The van der Waals surface area contributed by atoms with Gasteiger partial charge in [0.05, 0.1) is 25.3 Å². The maximum Gasteiger partial charge on any atom is 0.408 e. The van der Waals surface area contributed by atoms with Gasteiger partial charge in [-0.05, 0) is 60.4 Å². The highest BCUT2D eigenvalue weighted by molar-refractivity contribution is 7.99. The standard InChI is InChI=1S/C36H46ClN7O7S/c1-36(2,3)31(42-35(47)51-22-15-20-14-21(20)16-22)33(46)44-19-23(17-25(44)32(38)45)50-27-18-28(52-34-39-6-7-40-34)41-30-24(27)4-5-26(29(30)37)49-13-10-43-8-11-48-12-9-43/h4-7,18,20-23,25,31H,8-17,19H2,1-3H3,(H2,38,45)(H,39,40)(H,42,47)/t20-,21+,22?,23?,25-,31+/m0/s1. The molecule has 2 aliphatic carbocycles. The molecule has 7 rings (SSSR count). The number of ether oxygens (including phenoxy) is 4. The fraction of sp³-hybridized carbons (Fsp3) is 0.583. The molecule has 4 N–H and O–H groups in total. The molecule has 2 saturated heterocycles. The Labute approximate surface area is 311 Å². The van der Waals surface area contributed by atoms with Crippen molar-refractivity contribution in [1.29, 1.82) is 0 Å². The predicted molar refractivity (Wildman–Crippen MR) is 193 cm³/mol. The third kappa shape index (κ3) is 8.37. The van der Waals surface area contributed by atoms with Crippen molar-refractivity contribution in [2.75, 3.05) is 46.0 Å². The maximum atomic E-state index is 14.2. The molecule has 3 amide bonds. The number of likely N-dealkylation sites (tertiary alicyclic amines) is 1. The van der Waals surface area contributed by atoms with Gasteiger partial charge >= 0.3 is 6.09 Å². The fourth-order valence-electron chi connectivity index (χ4n) is 7.41. The van der Waals surface area contributed by atoms with Crippen LogP contribution < -0.4 is 20.5 Å². The first kappa shape index (κ1) is 36.6. The number of nitrogens with zero attached hydrogens (tertiary/aromatic N) is 4. The van der Waals surface area contributed by atoms with E-state index in [0.717, 1.165) is 32.5 Å². The Balaban J connectivity index is 1.10. The largest absolute Gasteiger partial charge is 0.491 e. The zero-order valence-electron chi connectivity index (χ0n) is 29.6. The first-order valence-electron chi connectivity index (χ1n) is 17.9. The lowest BCUT2D eigenvalue weighted by Crippen LogP contribution is -2.57. The maximum absolute atomic E-state index is 14.2. The van der Waals surface area contributed by atoms with Crippen molar-refractivity contribution in [3.05, 3.63) is 35.6 Å².